The highest BCUT2D eigenvalue weighted by Gasteiger charge is 2.26. The number of ether oxygens (including phenoxy) is 2. The quantitative estimate of drug-likeness (QED) is 0.759. The lowest BCUT2D eigenvalue weighted by Crippen LogP contribution is -2.34. The Labute approximate surface area is 142 Å². The van der Waals surface area contributed by atoms with Crippen molar-refractivity contribution < 1.29 is 9.47 Å². The molecule has 0 aromatic carbocycles. The van der Waals surface area contributed by atoms with Crippen LogP contribution in [0.1, 0.15) is 44.5 Å². The van der Waals surface area contributed by atoms with Crippen LogP contribution in [0.4, 0.5) is 5.13 Å². The van der Waals surface area contributed by atoms with Gasteiger partial charge in [0.15, 0.2) is 5.82 Å². The number of hydrogen-bond donors (Lipinski definition) is 0. The normalized spacial score (nSPS) is 24.3. The molecule has 2 saturated heterocycles. The highest BCUT2D eigenvalue weighted by molar-refractivity contribution is 7.09. The van der Waals surface area contributed by atoms with E-state index in [2.05, 4.69) is 19.2 Å². The third-order valence-corrected chi connectivity index (χ3v) is 5.56. The SMILES string of the molecule is CO[C@@H](C)c1nsc(N2CC[C@@H](OCCN3CCCCC3)C2)n1. The highest BCUT2D eigenvalue weighted by atomic mass is 32.1. The molecule has 23 heavy (non-hydrogen) atoms. The molecule has 1 aromatic heterocycles. The maximum absolute atomic E-state index is 6.08. The monoisotopic (exact) mass is 340 g/mol. The van der Waals surface area contributed by atoms with Crippen LogP contribution < -0.4 is 4.90 Å². The molecule has 1 aromatic rings. The Balaban J connectivity index is 1.40. The van der Waals surface area contributed by atoms with Crippen LogP contribution in [0.15, 0.2) is 0 Å². The minimum atomic E-state index is -0.0424. The fourth-order valence-corrected chi connectivity index (χ4v) is 3.97. The predicted molar refractivity (Wildman–Crippen MR) is 92.2 cm³/mol. The number of nitrogens with zero attached hydrogens (tertiary/aromatic N) is 4. The average Bonchev–Trinajstić information content (AvgIpc) is 3.24. The average molecular weight is 340 g/mol. The van der Waals surface area contributed by atoms with Crippen LogP contribution in [0.25, 0.3) is 0 Å². The largest absolute Gasteiger partial charge is 0.375 e. The number of rotatable bonds is 7. The Morgan fingerprint density at radius 3 is 2.87 bits per heavy atom. The van der Waals surface area contributed by atoms with Gasteiger partial charge < -0.3 is 19.3 Å². The van der Waals surface area contributed by atoms with Crippen molar-refractivity contribution in [2.24, 2.45) is 0 Å². The number of likely N-dealkylation sites (tertiary alicyclic amines) is 1. The summed E-state index contributed by atoms with van der Waals surface area (Å²) in [6.45, 7) is 8.31. The molecule has 7 heteroatoms. The van der Waals surface area contributed by atoms with E-state index in [1.807, 2.05) is 6.92 Å². The molecule has 2 aliphatic heterocycles. The van der Waals surface area contributed by atoms with Crippen LogP contribution in [0.5, 0.6) is 0 Å². The molecule has 0 N–H and O–H groups in total. The predicted octanol–water partition coefficient (Wildman–Crippen LogP) is 2.33. The Morgan fingerprint density at radius 1 is 1.26 bits per heavy atom. The van der Waals surface area contributed by atoms with Gasteiger partial charge in [-0.1, -0.05) is 6.42 Å². The van der Waals surface area contributed by atoms with Gasteiger partial charge in [0.25, 0.3) is 0 Å². The second kappa shape index (κ2) is 8.37. The number of anilines is 1. The number of piperidine rings is 1. The topological polar surface area (TPSA) is 50.7 Å². The smallest absolute Gasteiger partial charge is 0.205 e. The summed E-state index contributed by atoms with van der Waals surface area (Å²) in [5, 5.41) is 0.992. The van der Waals surface area contributed by atoms with Crippen molar-refractivity contribution in [3.63, 3.8) is 0 Å². The van der Waals surface area contributed by atoms with E-state index in [0.717, 1.165) is 43.6 Å². The van der Waals surface area contributed by atoms with Crippen LogP contribution in [0.2, 0.25) is 0 Å². The van der Waals surface area contributed by atoms with Gasteiger partial charge in [0.2, 0.25) is 5.13 Å². The molecular formula is C16H28N4O2S. The van der Waals surface area contributed by atoms with Gasteiger partial charge in [0.05, 0.1) is 12.7 Å². The molecule has 0 spiro atoms. The first kappa shape index (κ1) is 17.1. The van der Waals surface area contributed by atoms with Crippen LogP contribution >= 0.6 is 11.5 Å². The highest BCUT2D eigenvalue weighted by Crippen LogP contribution is 2.26. The van der Waals surface area contributed by atoms with Crippen LogP contribution in [-0.4, -0.2) is 66.8 Å². The van der Waals surface area contributed by atoms with E-state index in [1.165, 1.54) is 43.9 Å². The second-order valence-corrected chi connectivity index (χ2v) is 7.17. The van der Waals surface area contributed by atoms with Gasteiger partial charge in [0, 0.05) is 38.3 Å². The maximum atomic E-state index is 6.08. The third-order valence-electron chi connectivity index (χ3n) is 4.77. The first-order valence-electron chi connectivity index (χ1n) is 8.71. The third kappa shape index (κ3) is 4.62. The number of hydrogen-bond acceptors (Lipinski definition) is 7. The van der Waals surface area contributed by atoms with E-state index in [0.29, 0.717) is 6.10 Å². The molecule has 0 amide bonds. The van der Waals surface area contributed by atoms with Gasteiger partial charge in [-0.3, -0.25) is 0 Å². The van der Waals surface area contributed by atoms with Gasteiger partial charge in [-0.25, -0.2) is 4.98 Å². The fourth-order valence-electron chi connectivity index (χ4n) is 3.19. The molecule has 0 unspecified atom stereocenters. The van der Waals surface area contributed by atoms with Gasteiger partial charge in [0.1, 0.15) is 6.10 Å². The lowest BCUT2D eigenvalue weighted by atomic mass is 10.1. The van der Waals surface area contributed by atoms with E-state index in [9.17, 15) is 0 Å². The number of methoxy groups -OCH3 is 1. The van der Waals surface area contributed by atoms with Gasteiger partial charge in [-0.05, 0) is 39.3 Å². The summed E-state index contributed by atoms with van der Waals surface area (Å²) >= 11 is 1.46. The van der Waals surface area contributed by atoms with Crippen molar-refractivity contribution in [3.05, 3.63) is 5.82 Å². The Hall–Kier alpha value is -0.760. The van der Waals surface area contributed by atoms with E-state index in [1.54, 1.807) is 7.11 Å². The summed E-state index contributed by atoms with van der Waals surface area (Å²) < 4.78 is 15.8. The summed E-state index contributed by atoms with van der Waals surface area (Å²) in [7, 11) is 1.69. The minimum absolute atomic E-state index is 0.0424. The molecule has 2 fully saturated rings. The Kier molecular flexibility index (Phi) is 6.21. The summed E-state index contributed by atoms with van der Waals surface area (Å²) in [6, 6.07) is 0. The first-order chi connectivity index (χ1) is 11.3. The van der Waals surface area contributed by atoms with Crippen molar-refractivity contribution in [2.75, 3.05) is 51.3 Å². The standard InChI is InChI=1S/C16H28N4O2S/c1-13(21-2)15-17-16(23-18-15)20-9-6-14(12-20)22-11-10-19-7-4-3-5-8-19/h13-14H,3-12H2,1-2H3/t13-,14+/m0/s1. The molecular weight excluding hydrogens is 312 g/mol. The fraction of sp³-hybridized carbons (Fsp3) is 0.875. The lowest BCUT2D eigenvalue weighted by molar-refractivity contribution is 0.0467. The van der Waals surface area contributed by atoms with Crippen LogP contribution in [0, 0.1) is 0 Å². The zero-order chi connectivity index (χ0) is 16.1. The van der Waals surface area contributed by atoms with Gasteiger partial charge in [-0.2, -0.15) is 4.37 Å². The molecule has 130 valence electrons. The summed E-state index contributed by atoms with van der Waals surface area (Å²) in [5.74, 6) is 0.780. The molecule has 6 nitrogen and oxygen atoms in total. The van der Waals surface area contributed by atoms with Crippen LogP contribution in [0.3, 0.4) is 0 Å². The molecule has 2 aliphatic rings. The molecule has 0 bridgehead atoms. The lowest BCUT2D eigenvalue weighted by Gasteiger charge is -2.26. The van der Waals surface area contributed by atoms with Gasteiger partial charge in [-0.15, -0.1) is 0 Å². The van der Waals surface area contributed by atoms with Crippen molar-refractivity contribution >= 4 is 16.7 Å². The van der Waals surface area contributed by atoms with E-state index < -0.39 is 0 Å². The zero-order valence-electron chi connectivity index (χ0n) is 14.2. The zero-order valence-corrected chi connectivity index (χ0v) is 15.1. The minimum Gasteiger partial charge on any atom is -0.375 e. The maximum Gasteiger partial charge on any atom is 0.205 e. The molecule has 0 aliphatic carbocycles. The van der Waals surface area contributed by atoms with E-state index in [4.69, 9.17) is 9.47 Å². The molecule has 0 radical (unpaired) electrons. The van der Waals surface area contributed by atoms with E-state index in [-0.39, 0.29) is 6.10 Å². The van der Waals surface area contributed by atoms with E-state index >= 15 is 0 Å². The van der Waals surface area contributed by atoms with Gasteiger partial charge >= 0.3 is 0 Å². The number of aromatic nitrogens is 2. The van der Waals surface area contributed by atoms with Crippen molar-refractivity contribution in [2.45, 2.75) is 44.8 Å². The molecule has 0 saturated carbocycles. The van der Waals surface area contributed by atoms with Crippen LogP contribution in [-0.2, 0) is 9.47 Å². The summed E-state index contributed by atoms with van der Waals surface area (Å²) in [6.07, 6.45) is 5.44. The summed E-state index contributed by atoms with van der Waals surface area (Å²) in [4.78, 5) is 9.41. The Morgan fingerprint density at radius 2 is 2.09 bits per heavy atom. The molecule has 3 heterocycles. The molecule has 2 atom stereocenters. The second-order valence-electron chi connectivity index (χ2n) is 6.44. The van der Waals surface area contributed by atoms with Crippen molar-refractivity contribution in [1.82, 2.24) is 14.3 Å². The molecule has 3 rings (SSSR count). The van der Waals surface area contributed by atoms with Crippen molar-refractivity contribution in [1.29, 1.82) is 0 Å². The first-order valence-corrected chi connectivity index (χ1v) is 9.49. The Bertz CT molecular complexity index is 478. The van der Waals surface area contributed by atoms with Crippen molar-refractivity contribution in [3.8, 4) is 0 Å². The summed E-state index contributed by atoms with van der Waals surface area (Å²) in [5.41, 5.74) is 0.